The molecule has 1 aliphatic heterocycles. The van der Waals surface area contributed by atoms with Crippen LogP contribution in [0, 0.1) is 12.8 Å². The lowest BCUT2D eigenvalue weighted by molar-refractivity contribution is -0.126. The van der Waals surface area contributed by atoms with Crippen LogP contribution in [0.1, 0.15) is 23.3 Å². The Hall–Kier alpha value is -1.70. The highest BCUT2D eigenvalue weighted by molar-refractivity contribution is 7.89. The molecule has 3 rings (SSSR count). The van der Waals surface area contributed by atoms with Crippen molar-refractivity contribution >= 4 is 27.3 Å². The molecule has 1 aromatic carbocycles. The summed E-state index contributed by atoms with van der Waals surface area (Å²) in [4.78, 5) is 13.9. The first-order chi connectivity index (χ1) is 12.5. The van der Waals surface area contributed by atoms with Crippen LogP contribution in [-0.4, -0.2) is 38.3 Å². The zero-order valence-corrected chi connectivity index (χ0v) is 16.5. The van der Waals surface area contributed by atoms with Gasteiger partial charge in [0.25, 0.3) is 0 Å². The number of carbonyl (C=O) groups excluding carboxylic acids is 1. The molecule has 0 aliphatic carbocycles. The smallest absolute Gasteiger partial charge is 0.243 e. The predicted molar refractivity (Wildman–Crippen MR) is 104 cm³/mol. The SMILES string of the molecule is Cc1ccc(S(=O)(=O)N2CCC(C(=O)NCCc3cccs3)CC2)cc1. The molecule has 0 atom stereocenters. The Morgan fingerprint density at radius 3 is 2.50 bits per heavy atom. The average Bonchev–Trinajstić information content (AvgIpc) is 3.15. The quantitative estimate of drug-likeness (QED) is 0.822. The van der Waals surface area contributed by atoms with Gasteiger partial charge in [0.05, 0.1) is 4.90 Å². The number of nitrogens with one attached hydrogen (secondary N) is 1. The maximum atomic E-state index is 12.7. The van der Waals surface area contributed by atoms with Crippen LogP contribution in [-0.2, 0) is 21.2 Å². The number of amides is 1. The number of aryl methyl sites for hydroxylation is 1. The van der Waals surface area contributed by atoms with E-state index in [1.807, 2.05) is 18.4 Å². The van der Waals surface area contributed by atoms with Crippen LogP contribution in [0.25, 0.3) is 0 Å². The Morgan fingerprint density at radius 1 is 1.19 bits per heavy atom. The maximum absolute atomic E-state index is 12.7. The summed E-state index contributed by atoms with van der Waals surface area (Å²) in [6.45, 7) is 3.33. The molecule has 0 saturated carbocycles. The fraction of sp³-hybridized carbons (Fsp3) is 0.421. The van der Waals surface area contributed by atoms with Crippen molar-refractivity contribution in [2.45, 2.75) is 31.1 Å². The van der Waals surface area contributed by atoms with Gasteiger partial charge in [0, 0.05) is 30.4 Å². The van der Waals surface area contributed by atoms with E-state index in [4.69, 9.17) is 0 Å². The molecule has 0 spiro atoms. The summed E-state index contributed by atoms with van der Waals surface area (Å²) >= 11 is 1.69. The highest BCUT2D eigenvalue weighted by atomic mass is 32.2. The van der Waals surface area contributed by atoms with Gasteiger partial charge in [0.2, 0.25) is 15.9 Å². The van der Waals surface area contributed by atoms with Crippen molar-refractivity contribution in [3.63, 3.8) is 0 Å². The van der Waals surface area contributed by atoms with Crippen LogP contribution in [0.2, 0.25) is 0 Å². The normalized spacial score (nSPS) is 16.5. The largest absolute Gasteiger partial charge is 0.355 e. The summed E-state index contributed by atoms with van der Waals surface area (Å²) in [5, 5.41) is 5.01. The predicted octanol–water partition coefficient (Wildman–Crippen LogP) is 2.82. The number of sulfonamides is 1. The Bertz CT molecular complexity index is 822. The lowest BCUT2D eigenvalue weighted by Gasteiger charge is -2.30. The second-order valence-corrected chi connectivity index (χ2v) is 9.58. The summed E-state index contributed by atoms with van der Waals surface area (Å²) < 4.78 is 26.9. The van der Waals surface area contributed by atoms with E-state index in [1.54, 1.807) is 35.6 Å². The minimum Gasteiger partial charge on any atom is -0.355 e. The van der Waals surface area contributed by atoms with Gasteiger partial charge in [-0.2, -0.15) is 4.31 Å². The van der Waals surface area contributed by atoms with E-state index in [2.05, 4.69) is 11.4 Å². The highest BCUT2D eigenvalue weighted by Gasteiger charge is 2.31. The van der Waals surface area contributed by atoms with E-state index in [0.29, 0.717) is 37.4 Å². The molecule has 2 heterocycles. The molecule has 1 amide bonds. The van der Waals surface area contributed by atoms with Gasteiger partial charge >= 0.3 is 0 Å². The standard InChI is InChI=1S/C19H24N2O3S2/c1-15-4-6-18(7-5-15)26(23,24)21-12-9-16(10-13-21)19(22)20-11-8-17-3-2-14-25-17/h2-7,14,16H,8-13H2,1H3,(H,20,22). The van der Waals surface area contributed by atoms with E-state index >= 15 is 0 Å². The van der Waals surface area contributed by atoms with E-state index in [0.717, 1.165) is 12.0 Å². The molecule has 1 aliphatic rings. The monoisotopic (exact) mass is 392 g/mol. The molecule has 0 unspecified atom stereocenters. The number of benzene rings is 1. The van der Waals surface area contributed by atoms with Gasteiger partial charge in [-0.25, -0.2) is 8.42 Å². The molecule has 0 radical (unpaired) electrons. The Labute approximate surface area is 159 Å². The summed E-state index contributed by atoms with van der Waals surface area (Å²) in [5.74, 6) is -0.0725. The second-order valence-electron chi connectivity index (χ2n) is 6.61. The molecule has 1 aromatic heterocycles. The number of carbonyl (C=O) groups is 1. The van der Waals surface area contributed by atoms with E-state index in [1.165, 1.54) is 9.18 Å². The summed E-state index contributed by atoms with van der Waals surface area (Å²) in [6, 6.07) is 11.0. The van der Waals surface area contributed by atoms with Crippen molar-refractivity contribution in [3.8, 4) is 0 Å². The molecule has 7 heteroatoms. The summed E-state index contributed by atoms with van der Waals surface area (Å²) in [5.41, 5.74) is 1.03. The van der Waals surface area contributed by atoms with Crippen LogP contribution < -0.4 is 5.32 Å². The molecule has 1 N–H and O–H groups in total. The van der Waals surface area contributed by atoms with Crippen molar-refractivity contribution in [1.82, 2.24) is 9.62 Å². The number of piperidine rings is 1. The Balaban J connectivity index is 1.50. The molecular formula is C19H24N2O3S2. The topological polar surface area (TPSA) is 66.5 Å². The van der Waals surface area contributed by atoms with Gasteiger partial charge < -0.3 is 5.32 Å². The Morgan fingerprint density at radius 2 is 1.88 bits per heavy atom. The fourth-order valence-electron chi connectivity index (χ4n) is 3.13. The molecule has 1 saturated heterocycles. The van der Waals surface area contributed by atoms with Crippen molar-refractivity contribution in [2.75, 3.05) is 19.6 Å². The number of hydrogen-bond donors (Lipinski definition) is 1. The van der Waals surface area contributed by atoms with Gasteiger partial charge in [-0.3, -0.25) is 4.79 Å². The zero-order valence-electron chi connectivity index (χ0n) is 14.8. The molecule has 26 heavy (non-hydrogen) atoms. The number of nitrogens with zero attached hydrogens (tertiary/aromatic N) is 1. The third-order valence-corrected chi connectivity index (χ3v) is 7.58. The van der Waals surface area contributed by atoms with Crippen LogP contribution in [0.15, 0.2) is 46.7 Å². The van der Waals surface area contributed by atoms with Crippen molar-refractivity contribution in [2.24, 2.45) is 5.92 Å². The molecule has 1 fully saturated rings. The first-order valence-electron chi connectivity index (χ1n) is 8.84. The maximum Gasteiger partial charge on any atom is 0.243 e. The van der Waals surface area contributed by atoms with Crippen LogP contribution >= 0.6 is 11.3 Å². The van der Waals surface area contributed by atoms with Crippen LogP contribution in [0.3, 0.4) is 0 Å². The third kappa shape index (κ3) is 4.52. The Kier molecular flexibility index (Phi) is 6.11. The lowest BCUT2D eigenvalue weighted by atomic mass is 9.97. The summed E-state index contributed by atoms with van der Waals surface area (Å²) in [7, 11) is -3.47. The zero-order chi connectivity index (χ0) is 18.6. The van der Waals surface area contributed by atoms with Gasteiger partial charge in [0.1, 0.15) is 0 Å². The third-order valence-electron chi connectivity index (χ3n) is 4.73. The van der Waals surface area contributed by atoms with E-state index in [-0.39, 0.29) is 11.8 Å². The van der Waals surface area contributed by atoms with Gasteiger partial charge in [0.15, 0.2) is 0 Å². The van der Waals surface area contributed by atoms with Gasteiger partial charge in [-0.1, -0.05) is 23.8 Å². The van der Waals surface area contributed by atoms with Crippen molar-refractivity contribution in [1.29, 1.82) is 0 Å². The van der Waals surface area contributed by atoms with Gasteiger partial charge in [-0.15, -0.1) is 11.3 Å². The summed E-state index contributed by atoms with van der Waals surface area (Å²) in [6.07, 6.45) is 1.97. The van der Waals surface area contributed by atoms with Crippen LogP contribution in [0.5, 0.6) is 0 Å². The minimum absolute atomic E-state index is 0.0361. The van der Waals surface area contributed by atoms with Crippen molar-refractivity contribution in [3.05, 3.63) is 52.2 Å². The molecular weight excluding hydrogens is 368 g/mol. The number of hydrogen-bond acceptors (Lipinski definition) is 4. The number of rotatable bonds is 6. The molecule has 0 bridgehead atoms. The minimum atomic E-state index is -3.47. The van der Waals surface area contributed by atoms with Crippen LogP contribution in [0.4, 0.5) is 0 Å². The second kappa shape index (κ2) is 8.33. The first kappa shape index (κ1) is 19.1. The highest BCUT2D eigenvalue weighted by Crippen LogP contribution is 2.24. The molecule has 140 valence electrons. The lowest BCUT2D eigenvalue weighted by Crippen LogP contribution is -2.43. The van der Waals surface area contributed by atoms with Gasteiger partial charge in [-0.05, 0) is 49.8 Å². The fourth-order valence-corrected chi connectivity index (χ4v) is 5.30. The average molecular weight is 393 g/mol. The van der Waals surface area contributed by atoms with Crippen molar-refractivity contribution < 1.29 is 13.2 Å². The number of thiophene rings is 1. The molecule has 2 aromatic rings. The first-order valence-corrected chi connectivity index (χ1v) is 11.2. The molecule has 5 nitrogen and oxygen atoms in total. The van der Waals surface area contributed by atoms with E-state index < -0.39 is 10.0 Å². The van der Waals surface area contributed by atoms with E-state index in [9.17, 15) is 13.2 Å².